The van der Waals surface area contributed by atoms with Crippen LogP contribution in [0.4, 0.5) is 14.5 Å². The van der Waals surface area contributed by atoms with Gasteiger partial charge in [0.1, 0.15) is 17.4 Å². The standard InChI is InChI=1S/C26H26F2N2O3/c1-14-22(25(32)30-19-10-7-16(27)11-18(19)28)23(15-5-8-17(33-4)9-6-15)24-20(29-14)12-26(2,3)13-21(24)31/h5-11,23,29H,12-13H2,1-4H3,(H,30,32). The third-order valence-corrected chi connectivity index (χ3v) is 6.11. The molecule has 33 heavy (non-hydrogen) atoms. The van der Waals surface area contributed by atoms with Crippen molar-refractivity contribution in [2.45, 2.75) is 39.5 Å². The van der Waals surface area contributed by atoms with Gasteiger partial charge in [0.25, 0.3) is 5.91 Å². The molecule has 2 aromatic carbocycles. The van der Waals surface area contributed by atoms with E-state index in [1.807, 2.05) is 26.0 Å². The molecule has 1 atom stereocenters. The van der Waals surface area contributed by atoms with Crippen LogP contribution in [-0.4, -0.2) is 18.8 Å². The molecule has 7 heteroatoms. The third kappa shape index (κ3) is 4.40. The van der Waals surface area contributed by atoms with Crippen LogP contribution in [0.3, 0.4) is 0 Å². The SMILES string of the molecule is COc1ccc(C2C(C(=O)Nc3ccc(F)cc3F)=C(C)NC3=C2C(=O)CC(C)(C)C3)cc1. The van der Waals surface area contributed by atoms with Crippen LogP contribution in [0.2, 0.25) is 0 Å². The Morgan fingerprint density at radius 3 is 2.45 bits per heavy atom. The number of allylic oxidation sites excluding steroid dienone is 3. The normalized spacial score (nSPS) is 19.7. The van der Waals surface area contributed by atoms with Gasteiger partial charge in [-0.15, -0.1) is 0 Å². The van der Waals surface area contributed by atoms with Gasteiger partial charge < -0.3 is 15.4 Å². The Kier molecular flexibility index (Phi) is 5.82. The zero-order valence-electron chi connectivity index (χ0n) is 19.0. The summed E-state index contributed by atoms with van der Waals surface area (Å²) in [6.07, 6.45) is 1.03. The molecule has 2 N–H and O–H groups in total. The van der Waals surface area contributed by atoms with Gasteiger partial charge in [-0.3, -0.25) is 9.59 Å². The summed E-state index contributed by atoms with van der Waals surface area (Å²) in [6, 6.07) is 10.2. The Balaban J connectivity index is 1.80. The van der Waals surface area contributed by atoms with Gasteiger partial charge in [0.15, 0.2) is 5.78 Å². The Labute approximate surface area is 191 Å². The number of ketones is 1. The number of nitrogens with one attached hydrogen (secondary N) is 2. The molecule has 0 saturated carbocycles. The molecule has 2 aromatic rings. The van der Waals surface area contributed by atoms with Crippen molar-refractivity contribution in [3.63, 3.8) is 0 Å². The number of hydrogen-bond acceptors (Lipinski definition) is 4. The summed E-state index contributed by atoms with van der Waals surface area (Å²) in [4.78, 5) is 26.7. The van der Waals surface area contributed by atoms with Gasteiger partial charge in [0, 0.05) is 40.9 Å². The van der Waals surface area contributed by atoms with Crippen LogP contribution >= 0.6 is 0 Å². The average Bonchev–Trinajstić information content (AvgIpc) is 2.73. The summed E-state index contributed by atoms with van der Waals surface area (Å²) in [5.41, 5.74) is 2.67. The smallest absolute Gasteiger partial charge is 0.254 e. The van der Waals surface area contributed by atoms with E-state index in [0.717, 1.165) is 17.3 Å². The van der Waals surface area contributed by atoms with Gasteiger partial charge in [-0.2, -0.15) is 0 Å². The fraction of sp³-hybridized carbons (Fsp3) is 0.308. The van der Waals surface area contributed by atoms with E-state index in [1.54, 1.807) is 26.2 Å². The van der Waals surface area contributed by atoms with Crippen LogP contribution in [0.5, 0.6) is 5.75 Å². The van der Waals surface area contributed by atoms with Crippen LogP contribution in [0.25, 0.3) is 0 Å². The van der Waals surface area contributed by atoms with Crippen LogP contribution in [0.15, 0.2) is 65.0 Å². The summed E-state index contributed by atoms with van der Waals surface area (Å²) in [6.45, 7) is 5.84. The average molecular weight is 453 g/mol. The number of amides is 1. The number of rotatable bonds is 4. The zero-order chi connectivity index (χ0) is 23.9. The number of anilines is 1. The summed E-state index contributed by atoms with van der Waals surface area (Å²) < 4.78 is 32.8. The lowest BCUT2D eigenvalue weighted by Gasteiger charge is -2.39. The second-order valence-corrected chi connectivity index (χ2v) is 9.28. The molecule has 0 aromatic heterocycles. The maximum atomic E-state index is 14.2. The highest BCUT2D eigenvalue weighted by molar-refractivity contribution is 6.10. The Hall–Kier alpha value is -3.48. The molecule has 1 heterocycles. The van der Waals surface area contributed by atoms with E-state index in [-0.39, 0.29) is 16.9 Å². The van der Waals surface area contributed by atoms with Crippen molar-refractivity contribution in [2.24, 2.45) is 5.41 Å². The number of benzene rings is 2. The van der Waals surface area contributed by atoms with E-state index in [2.05, 4.69) is 10.6 Å². The van der Waals surface area contributed by atoms with Gasteiger partial charge >= 0.3 is 0 Å². The van der Waals surface area contributed by atoms with Crippen molar-refractivity contribution in [2.75, 3.05) is 12.4 Å². The molecule has 0 spiro atoms. The van der Waals surface area contributed by atoms with E-state index in [1.165, 1.54) is 6.07 Å². The van der Waals surface area contributed by atoms with Crippen LogP contribution in [0, 0.1) is 17.0 Å². The lowest BCUT2D eigenvalue weighted by molar-refractivity contribution is -0.118. The van der Waals surface area contributed by atoms with Crippen LogP contribution < -0.4 is 15.4 Å². The highest BCUT2D eigenvalue weighted by Crippen LogP contribution is 2.47. The first-order chi connectivity index (χ1) is 15.6. The van der Waals surface area contributed by atoms with Gasteiger partial charge in [0.2, 0.25) is 0 Å². The quantitative estimate of drug-likeness (QED) is 0.668. The van der Waals surface area contributed by atoms with E-state index >= 15 is 0 Å². The maximum absolute atomic E-state index is 14.2. The summed E-state index contributed by atoms with van der Waals surface area (Å²) in [5, 5.41) is 5.82. The fourth-order valence-electron chi connectivity index (χ4n) is 4.65. The van der Waals surface area contributed by atoms with Crippen molar-refractivity contribution < 1.29 is 23.1 Å². The molecule has 0 saturated heterocycles. The molecule has 1 aliphatic carbocycles. The number of carbonyl (C=O) groups is 2. The highest BCUT2D eigenvalue weighted by Gasteiger charge is 2.42. The molecular formula is C26H26F2N2O3. The van der Waals surface area contributed by atoms with E-state index in [0.29, 0.717) is 41.5 Å². The van der Waals surface area contributed by atoms with Crippen LogP contribution in [0.1, 0.15) is 45.1 Å². The van der Waals surface area contributed by atoms with E-state index < -0.39 is 23.5 Å². The molecule has 1 aliphatic heterocycles. The molecule has 0 fully saturated rings. The van der Waals surface area contributed by atoms with E-state index in [9.17, 15) is 18.4 Å². The topological polar surface area (TPSA) is 67.4 Å². The first kappa shape index (κ1) is 22.7. The van der Waals surface area contributed by atoms with Gasteiger partial charge in [0.05, 0.1) is 12.8 Å². The molecular weight excluding hydrogens is 426 g/mol. The largest absolute Gasteiger partial charge is 0.497 e. The lowest BCUT2D eigenvalue weighted by atomic mass is 9.68. The van der Waals surface area contributed by atoms with Gasteiger partial charge in [-0.05, 0) is 48.6 Å². The zero-order valence-corrected chi connectivity index (χ0v) is 19.0. The Morgan fingerprint density at radius 1 is 1.12 bits per heavy atom. The van der Waals surface area contributed by atoms with Crippen molar-refractivity contribution >= 4 is 17.4 Å². The molecule has 0 bridgehead atoms. The minimum atomic E-state index is -0.873. The predicted octanol–water partition coefficient (Wildman–Crippen LogP) is 5.22. The summed E-state index contributed by atoms with van der Waals surface area (Å²) >= 11 is 0. The van der Waals surface area contributed by atoms with Gasteiger partial charge in [-0.1, -0.05) is 26.0 Å². The summed E-state index contributed by atoms with van der Waals surface area (Å²) in [5.74, 6) is -2.17. The maximum Gasteiger partial charge on any atom is 0.254 e. The second kappa shape index (κ2) is 8.46. The molecule has 0 radical (unpaired) electrons. The van der Waals surface area contributed by atoms with Crippen molar-refractivity contribution in [1.29, 1.82) is 0 Å². The van der Waals surface area contributed by atoms with Crippen molar-refractivity contribution in [1.82, 2.24) is 5.32 Å². The molecule has 4 rings (SSSR count). The number of Topliss-reactive ketones (excluding diaryl/α,β-unsaturated/α-hetero) is 1. The second-order valence-electron chi connectivity index (χ2n) is 9.28. The predicted molar refractivity (Wildman–Crippen MR) is 122 cm³/mol. The first-order valence-corrected chi connectivity index (χ1v) is 10.7. The Bertz CT molecular complexity index is 1200. The van der Waals surface area contributed by atoms with E-state index in [4.69, 9.17) is 4.74 Å². The number of carbonyl (C=O) groups excluding carboxylic acids is 2. The lowest BCUT2D eigenvalue weighted by Crippen LogP contribution is -2.39. The van der Waals surface area contributed by atoms with Crippen LogP contribution in [-0.2, 0) is 9.59 Å². The van der Waals surface area contributed by atoms with Gasteiger partial charge in [-0.25, -0.2) is 8.78 Å². The number of halogens is 2. The molecule has 1 unspecified atom stereocenters. The monoisotopic (exact) mass is 452 g/mol. The molecule has 172 valence electrons. The first-order valence-electron chi connectivity index (χ1n) is 10.7. The number of methoxy groups -OCH3 is 1. The highest BCUT2D eigenvalue weighted by atomic mass is 19.1. The third-order valence-electron chi connectivity index (χ3n) is 6.11. The summed E-state index contributed by atoms with van der Waals surface area (Å²) in [7, 11) is 1.56. The molecule has 1 amide bonds. The molecule has 2 aliphatic rings. The minimum absolute atomic E-state index is 0.0275. The Morgan fingerprint density at radius 2 is 1.82 bits per heavy atom. The number of hydrogen-bond donors (Lipinski definition) is 2. The van der Waals surface area contributed by atoms with Crippen molar-refractivity contribution in [3.05, 3.63) is 82.2 Å². The molecule has 5 nitrogen and oxygen atoms in total. The minimum Gasteiger partial charge on any atom is -0.497 e. The van der Waals surface area contributed by atoms with Crippen molar-refractivity contribution in [3.8, 4) is 5.75 Å². The fourth-order valence-corrected chi connectivity index (χ4v) is 4.65. The number of ether oxygens (including phenoxy) is 1. The number of dihydropyridines is 1.